The fraction of sp³-hybridized carbons (Fsp3) is 0.240. The van der Waals surface area contributed by atoms with Crippen molar-refractivity contribution in [3.05, 3.63) is 83.5 Å². The number of rotatable bonds is 5. The molecule has 174 valence electrons. The first-order valence-corrected chi connectivity index (χ1v) is 11.4. The van der Waals surface area contributed by atoms with Crippen molar-refractivity contribution in [3.8, 4) is 17.1 Å². The zero-order valence-corrected chi connectivity index (χ0v) is 19.3. The molecule has 34 heavy (non-hydrogen) atoms. The Morgan fingerprint density at radius 2 is 1.85 bits per heavy atom. The van der Waals surface area contributed by atoms with Crippen LogP contribution >= 0.6 is 11.6 Å². The van der Waals surface area contributed by atoms with E-state index in [1.54, 1.807) is 46.2 Å². The van der Waals surface area contributed by atoms with Gasteiger partial charge < -0.3 is 18.6 Å². The van der Waals surface area contributed by atoms with Crippen LogP contribution in [0.25, 0.3) is 17.1 Å². The molecule has 0 radical (unpaired) electrons. The Labute approximate surface area is 201 Å². The van der Waals surface area contributed by atoms with E-state index in [-0.39, 0.29) is 17.9 Å². The molecule has 4 aromatic rings. The molecule has 3 aromatic heterocycles. The van der Waals surface area contributed by atoms with Crippen molar-refractivity contribution < 1.29 is 18.7 Å². The molecule has 1 saturated heterocycles. The molecule has 4 heterocycles. The molecule has 1 aromatic carbocycles. The average Bonchev–Trinajstić information content (AvgIpc) is 3.64. The van der Waals surface area contributed by atoms with Crippen molar-refractivity contribution in [1.29, 1.82) is 0 Å². The summed E-state index contributed by atoms with van der Waals surface area (Å²) in [6.45, 7) is 1.12. The Bertz CT molecular complexity index is 1300. The van der Waals surface area contributed by atoms with Gasteiger partial charge >= 0.3 is 5.97 Å². The Morgan fingerprint density at radius 3 is 2.53 bits per heavy atom. The molecule has 0 spiro atoms. The van der Waals surface area contributed by atoms with Crippen molar-refractivity contribution in [2.45, 2.75) is 18.9 Å². The molecule has 0 atom stereocenters. The van der Waals surface area contributed by atoms with Gasteiger partial charge in [-0.3, -0.25) is 4.79 Å². The summed E-state index contributed by atoms with van der Waals surface area (Å²) in [4.78, 5) is 27.2. The minimum atomic E-state index is -0.360. The predicted octanol–water partition coefficient (Wildman–Crippen LogP) is 4.85. The van der Waals surface area contributed by atoms with Gasteiger partial charge in [0.25, 0.3) is 5.91 Å². The van der Waals surface area contributed by atoms with Crippen molar-refractivity contribution >= 4 is 23.5 Å². The number of piperidine rings is 1. The number of hydrogen-bond acceptors (Lipinski definition) is 5. The minimum absolute atomic E-state index is 0.124. The van der Waals surface area contributed by atoms with Gasteiger partial charge in [0.1, 0.15) is 11.4 Å². The maximum atomic E-state index is 13.4. The number of aromatic nitrogens is 3. The molecule has 1 amide bonds. The number of carbonyl (C=O) groups excluding carboxylic acids is 2. The van der Waals surface area contributed by atoms with Gasteiger partial charge in [-0.05, 0) is 61.4 Å². The number of methoxy groups -OCH3 is 1. The second-order valence-electron chi connectivity index (χ2n) is 8.10. The zero-order valence-electron chi connectivity index (χ0n) is 18.6. The van der Waals surface area contributed by atoms with E-state index in [0.717, 1.165) is 18.5 Å². The van der Waals surface area contributed by atoms with Crippen LogP contribution in [0, 0.1) is 0 Å². The summed E-state index contributed by atoms with van der Waals surface area (Å²) >= 11 is 6.04. The SMILES string of the molecule is COC(=O)c1cccn1C1CCN(C(=O)c2cc(-c3ccco3)n(-c3ccc(Cl)cc3)n2)CC1. The molecule has 5 rings (SSSR count). The van der Waals surface area contributed by atoms with Crippen LogP contribution in [0.3, 0.4) is 0 Å². The topological polar surface area (TPSA) is 82.5 Å². The van der Waals surface area contributed by atoms with E-state index in [1.165, 1.54) is 7.11 Å². The number of esters is 1. The smallest absolute Gasteiger partial charge is 0.354 e. The van der Waals surface area contributed by atoms with E-state index >= 15 is 0 Å². The highest BCUT2D eigenvalue weighted by Crippen LogP contribution is 2.28. The average molecular weight is 479 g/mol. The van der Waals surface area contributed by atoms with Crippen LogP contribution in [0.5, 0.6) is 0 Å². The molecule has 9 heteroatoms. The van der Waals surface area contributed by atoms with E-state index in [9.17, 15) is 9.59 Å². The van der Waals surface area contributed by atoms with E-state index in [0.29, 0.717) is 41.0 Å². The molecule has 0 aliphatic carbocycles. The van der Waals surface area contributed by atoms with Crippen LogP contribution in [0.2, 0.25) is 5.02 Å². The summed E-state index contributed by atoms with van der Waals surface area (Å²) < 4.78 is 14.1. The molecule has 1 fully saturated rings. The summed E-state index contributed by atoms with van der Waals surface area (Å²) in [6, 6.07) is 16.3. The van der Waals surface area contributed by atoms with E-state index < -0.39 is 0 Å². The summed E-state index contributed by atoms with van der Waals surface area (Å²) in [5.74, 6) is 0.115. The van der Waals surface area contributed by atoms with Crippen LogP contribution < -0.4 is 0 Å². The van der Waals surface area contributed by atoms with Crippen molar-refractivity contribution in [2.75, 3.05) is 20.2 Å². The third kappa shape index (κ3) is 4.12. The largest absolute Gasteiger partial charge is 0.464 e. The Kier molecular flexibility index (Phi) is 5.98. The number of likely N-dealkylation sites (tertiary alicyclic amines) is 1. The number of nitrogens with zero attached hydrogens (tertiary/aromatic N) is 4. The van der Waals surface area contributed by atoms with Crippen molar-refractivity contribution in [1.82, 2.24) is 19.2 Å². The molecule has 0 unspecified atom stereocenters. The third-order valence-corrected chi connectivity index (χ3v) is 6.34. The molecule has 0 bridgehead atoms. The Balaban J connectivity index is 1.36. The second-order valence-corrected chi connectivity index (χ2v) is 8.53. The van der Waals surface area contributed by atoms with Gasteiger partial charge in [-0.2, -0.15) is 5.10 Å². The van der Waals surface area contributed by atoms with Gasteiger partial charge in [-0.1, -0.05) is 11.6 Å². The van der Waals surface area contributed by atoms with Crippen LogP contribution in [-0.2, 0) is 4.74 Å². The molecule has 1 aliphatic heterocycles. The standard InChI is InChI=1S/C25H23ClN4O4/c1-33-25(32)21-4-2-12-29(21)18-10-13-28(14-11-18)24(31)20-16-22(23-5-3-15-34-23)30(27-20)19-8-6-17(26)7-9-19/h2-9,12,15-16,18H,10-11,13-14H2,1H3. The van der Waals surface area contributed by atoms with Crippen molar-refractivity contribution in [3.63, 3.8) is 0 Å². The molecule has 8 nitrogen and oxygen atoms in total. The van der Waals surface area contributed by atoms with Gasteiger partial charge in [0.05, 0.1) is 19.1 Å². The lowest BCUT2D eigenvalue weighted by molar-refractivity contribution is 0.0573. The molecule has 1 aliphatic rings. The summed E-state index contributed by atoms with van der Waals surface area (Å²) in [5, 5.41) is 5.23. The first kappa shape index (κ1) is 22.0. The number of halogens is 1. The van der Waals surface area contributed by atoms with E-state index in [1.807, 2.05) is 35.0 Å². The van der Waals surface area contributed by atoms with Gasteiger partial charge in [-0.25, -0.2) is 9.48 Å². The number of benzene rings is 1. The lowest BCUT2D eigenvalue weighted by Crippen LogP contribution is -2.39. The van der Waals surface area contributed by atoms with E-state index in [2.05, 4.69) is 5.10 Å². The fourth-order valence-electron chi connectivity index (χ4n) is 4.36. The summed E-state index contributed by atoms with van der Waals surface area (Å²) in [5.41, 5.74) is 2.32. The second kappa shape index (κ2) is 9.23. The van der Waals surface area contributed by atoms with E-state index in [4.69, 9.17) is 20.8 Å². The predicted molar refractivity (Wildman–Crippen MR) is 126 cm³/mol. The monoisotopic (exact) mass is 478 g/mol. The number of ether oxygens (including phenoxy) is 1. The van der Waals surface area contributed by atoms with Crippen LogP contribution in [-0.4, -0.2) is 51.3 Å². The normalized spacial score (nSPS) is 14.4. The van der Waals surface area contributed by atoms with Crippen molar-refractivity contribution in [2.24, 2.45) is 0 Å². The molecular formula is C25H23ClN4O4. The number of amides is 1. The zero-order chi connectivity index (χ0) is 23.7. The molecular weight excluding hydrogens is 456 g/mol. The highest BCUT2D eigenvalue weighted by Gasteiger charge is 2.29. The third-order valence-electron chi connectivity index (χ3n) is 6.09. The summed E-state index contributed by atoms with van der Waals surface area (Å²) in [7, 11) is 1.38. The number of furan rings is 1. The minimum Gasteiger partial charge on any atom is -0.464 e. The van der Waals surface area contributed by atoms with Crippen LogP contribution in [0.1, 0.15) is 39.9 Å². The molecule has 0 saturated carbocycles. The highest BCUT2D eigenvalue weighted by molar-refractivity contribution is 6.30. The first-order chi connectivity index (χ1) is 16.5. The van der Waals surface area contributed by atoms with Crippen LogP contribution in [0.15, 0.2) is 71.5 Å². The van der Waals surface area contributed by atoms with Gasteiger partial charge in [0.2, 0.25) is 0 Å². The van der Waals surface area contributed by atoms with Crippen LogP contribution in [0.4, 0.5) is 0 Å². The first-order valence-electron chi connectivity index (χ1n) is 11.0. The van der Waals surface area contributed by atoms with Gasteiger partial charge in [0.15, 0.2) is 11.5 Å². The Morgan fingerprint density at radius 1 is 1.09 bits per heavy atom. The maximum Gasteiger partial charge on any atom is 0.354 e. The summed E-state index contributed by atoms with van der Waals surface area (Å²) in [6.07, 6.45) is 4.93. The quantitative estimate of drug-likeness (QED) is 0.383. The number of hydrogen-bond donors (Lipinski definition) is 0. The Hall–Kier alpha value is -3.78. The molecule has 0 N–H and O–H groups in total. The highest BCUT2D eigenvalue weighted by atomic mass is 35.5. The van der Waals surface area contributed by atoms with Gasteiger partial charge in [-0.15, -0.1) is 0 Å². The number of carbonyl (C=O) groups is 2. The maximum absolute atomic E-state index is 13.4. The fourth-order valence-corrected chi connectivity index (χ4v) is 4.49. The van der Waals surface area contributed by atoms with Gasteiger partial charge in [0, 0.05) is 36.4 Å². The lowest BCUT2D eigenvalue weighted by atomic mass is 10.0. The lowest BCUT2D eigenvalue weighted by Gasteiger charge is -2.33.